The van der Waals surface area contributed by atoms with E-state index in [0.717, 1.165) is 10.9 Å². The molecule has 0 saturated carbocycles. The number of nitrogens with zero attached hydrogens (tertiary/aromatic N) is 4. The number of carbonyl (C=O) groups excluding carboxylic acids is 3. The lowest BCUT2D eigenvalue weighted by atomic mass is 10.1. The molecule has 1 unspecified atom stereocenters. The summed E-state index contributed by atoms with van der Waals surface area (Å²) in [7, 11) is 1.57. The van der Waals surface area contributed by atoms with Crippen molar-refractivity contribution < 1.29 is 23.9 Å². The first-order valence-electron chi connectivity index (χ1n) is 11.9. The molecule has 10 nitrogen and oxygen atoms in total. The summed E-state index contributed by atoms with van der Waals surface area (Å²) >= 11 is 0. The lowest BCUT2D eigenvalue weighted by Crippen LogP contribution is -2.42. The van der Waals surface area contributed by atoms with Crippen LogP contribution in [0.5, 0.6) is 5.75 Å². The van der Waals surface area contributed by atoms with Gasteiger partial charge in [-0.25, -0.2) is 9.78 Å². The Morgan fingerprint density at radius 2 is 2.00 bits per heavy atom. The summed E-state index contributed by atoms with van der Waals surface area (Å²) in [5.74, 6) is -0.518. The maximum atomic E-state index is 13.3. The number of carbonyl (C=O) groups is 3. The van der Waals surface area contributed by atoms with Gasteiger partial charge in [0.1, 0.15) is 16.8 Å². The predicted octanol–water partition coefficient (Wildman–Crippen LogP) is 3.50. The van der Waals surface area contributed by atoms with Gasteiger partial charge in [0.25, 0.3) is 0 Å². The van der Waals surface area contributed by atoms with E-state index < -0.39 is 17.4 Å². The third-order valence-electron chi connectivity index (χ3n) is 6.24. The zero-order valence-electron chi connectivity index (χ0n) is 21.4. The van der Waals surface area contributed by atoms with Crippen LogP contribution in [0.25, 0.3) is 16.7 Å². The van der Waals surface area contributed by atoms with Crippen molar-refractivity contribution in [2.75, 3.05) is 25.6 Å². The van der Waals surface area contributed by atoms with E-state index in [2.05, 4.69) is 10.4 Å². The van der Waals surface area contributed by atoms with E-state index in [1.807, 2.05) is 52.0 Å². The fraction of sp³-hybridized carbons (Fsp3) is 0.423. The number of ether oxygens (including phenoxy) is 2. The van der Waals surface area contributed by atoms with Gasteiger partial charge >= 0.3 is 5.97 Å². The van der Waals surface area contributed by atoms with E-state index in [1.165, 1.54) is 10.9 Å². The van der Waals surface area contributed by atoms with Crippen LogP contribution in [-0.4, -0.2) is 63.2 Å². The van der Waals surface area contributed by atoms with E-state index in [9.17, 15) is 14.4 Å². The predicted molar refractivity (Wildman–Crippen MR) is 134 cm³/mol. The SMILES string of the molecule is CCOC(=O)c1cnn(-c2cc(C)c3cccc(OC)c3n2)c1NC(=O)C1CC(=O)N(C(C)(C)C)C1. The number of pyridine rings is 1. The van der Waals surface area contributed by atoms with E-state index in [0.29, 0.717) is 23.6 Å². The first-order valence-corrected chi connectivity index (χ1v) is 11.9. The van der Waals surface area contributed by atoms with Gasteiger partial charge in [0, 0.05) is 23.9 Å². The van der Waals surface area contributed by atoms with E-state index in [1.54, 1.807) is 18.9 Å². The number of amides is 2. The molecule has 0 spiro atoms. The largest absolute Gasteiger partial charge is 0.494 e. The maximum Gasteiger partial charge on any atom is 0.343 e. The van der Waals surface area contributed by atoms with Gasteiger partial charge in [-0.1, -0.05) is 12.1 Å². The second kappa shape index (κ2) is 9.60. The highest BCUT2D eigenvalue weighted by Crippen LogP contribution is 2.31. The molecule has 190 valence electrons. The van der Waals surface area contributed by atoms with E-state index >= 15 is 0 Å². The van der Waals surface area contributed by atoms with Crippen molar-refractivity contribution in [2.24, 2.45) is 5.92 Å². The Balaban J connectivity index is 1.76. The number of benzene rings is 1. The van der Waals surface area contributed by atoms with Crippen molar-refractivity contribution in [3.05, 3.63) is 41.6 Å². The molecule has 36 heavy (non-hydrogen) atoms. The number of aryl methyl sites for hydroxylation is 1. The second-order valence-corrected chi connectivity index (χ2v) is 9.76. The van der Waals surface area contributed by atoms with Gasteiger partial charge in [-0.3, -0.25) is 9.59 Å². The van der Waals surface area contributed by atoms with Crippen molar-refractivity contribution in [1.29, 1.82) is 0 Å². The van der Waals surface area contributed by atoms with Crippen LogP contribution in [0.4, 0.5) is 5.82 Å². The fourth-order valence-electron chi connectivity index (χ4n) is 4.40. The second-order valence-electron chi connectivity index (χ2n) is 9.76. The molecular weight excluding hydrogens is 462 g/mol. The van der Waals surface area contributed by atoms with E-state index in [-0.39, 0.29) is 36.2 Å². The maximum absolute atomic E-state index is 13.3. The molecule has 1 fully saturated rings. The van der Waals surface area contributed by atoms with Crippen LogP contribution in [0.2, 0.25) is 0 Å². The highest BCUT2D eigenvalue weighted by Gasteiger charge is 2.40. The van der Waals surface area contributed by atoms with Crippen LogP contribution in [0, 0.1) is 12.8 Å². The first kappa shape index (κ1) is 25.2. The molecule has 3 aromatic rings. The summed E-state index contributed by atoms with van der Waals surface area (Å²) in [6, 6.07) is 7.46. The van der Waals surface area contributed by atoms with Gasteiger partial charge < -0.3 is 19.7 Å². The molecule has 0 aliphatic carbocycles. The summed E-state index contributed by atoms with van der Waals surface area (Å²) in [5.41, 5.74) is 1.25. The summed E-state index contributed by atoms with van der Waals surface area (Å²) in [4.78, 5) is 45.0. The molecule has 0 radical (unpaired) electrons. The molecule has 2 aromatic heterocycles. The Bertz CT molecular complexity index is 1340. The average Bonchev–Trinajstić information content (AvgIpc) is 3.42. The van der Waals surface area contributed by atoms with Crippen molar-refractivity contribution in [3.63, 3.8) is 0 Å². The summed E-state index contributed by atoms with van der Waals surface area (Å²) in [6.45, 7) is 9.89. The molecule has 1 aliphatic heterocycles. The third-order valence-corrected chi connectivity index (χ3v) is 6.24. The molecule has 1 saturated heterocycles. The molecule has 10 heteroatoms. The van der Waals surface area contributed by atoms with Crippen LogP contribution in [0.15, 0.2) is 30.5 Å². The Labute approximate surface area is 209 Å². The highest BCUT2D eigenvalue weighted by atomic mass is 16.5. The lowest BCUT2D eigenvalue weighted by molar-refractivity contribution is -0.131. The van der Waals surface area contributed by atoms with Crippen LogP contribution in [0.3, 0.4) is 0 Å². The number of anilines is 1. The molecule has 1 atom stereocenters. The Morgan fingerprint density at radius 1 is 1.25 bits per heavy atom. The number of hydrogen-bond donors (Lipinski definition) is 1. The minimum absolute atomic E-state index is 0.0827. The summed E-state index contributed by atoms with van der Waals surface area (Å²) in [5, 5.41) is 8.11. The quantitative estimate of drug-likeness (QED) is 0.523. The number of aromatic nitrogens is 3. The van der Waals surface area contributed by atoms with Gasteiger partial charge in [0.15, 0.2) is 11.6 Å². The third kappa shape index (κ3) is 4.62. The molecular formula is C26H31N5O5. The zero-order chi connectivity index (χ0) is 26.2. The van der Waals surface area contributed by atoms with Gasteiger partial charge in [0.05, 0.1) is 25.8 Å². The Hall–Kier alpha value is -3.95. The molecule has 1 aliphatic rings. The van der Waals surface area contributed by atoms with Crippen molar-refractivity contribution >= 4 is 34.5 Å². The smallest absolute Gasteiger partial charge is 0.343 e. The minimum atomic E-state index is -0.618. The van der Waals surface area contributed by atoms with Crippen molar-refractivity contribution in [1.82, 2.24) is 19.7 Å². The average molecular weight is 494 g/mol. The topological polar surface area (TPSA) is 116 Å². The zero-order valence-corrected chi connectivity index (χ0v) is 21.4. The molecule has 2 amide bonds. The number of para-hydroxylation sites is 1. The number of hydrogen-bond acceptors (Lipinski definition) is 7. The number of likely N-dealkylation sites (tertiary alicyclic amines) is 1. The van der Waals surface area contributed by atoms with Gasteiger partial charge in [-0.05, 0) is 52.3 Å². The number of rotatable bonds is 6. The fourth-order valence-corrected chi connectivity index (χ4v) is 4.40. The molecule has 1 aromatic carbocycles. The lowest BCUT2D eigenvalue weighted by Gasteiger charge is -2.31. The Kier molecular flexibility index (Phi) is 6.71. The molecule has 4 rings (SSSR count). The van der Waals surface area contributed by atoms with Crippen LogP contribution in [-0.2, 0) is 14.3 Å². The minimum Gasteiger partial charge on any atom is -0.494 e. The van der Waals surface area contributed by atoms with Crippen molar-refractivity contribution in [3.8, 4) is 11.6 Å². The van der Waals surface area contributed by atoms with Crippen LogP contribution in [0.1, 0.15) is 50.0 Å². The van der Waals surface area contributed by atoms with Crippen LogP contribution < -0.4 is 10.1 Å². The number of nitrogens with one attached hydrogen (secondary N) is 1. The molecule has 0 bridgehead atoms. The number of fused-ring (bicyclic) bond motifs is 1. The number of esters is 1. The van der Waals surface area contributed by atoms with E-state index in [4.69, 9.17) is 14.5 Å². The van der Waals surface area contributed by atoms with Gasteiger partial charge in [-0.15, -0.1) is 0 Å². The highest BCUT2D eigenvalue weighted by molar-refractivity contribution is 6.03. The van der Waals surface area contributed by atoms with Gasteiger partial charge in [-0.2, -0.15) is 9.78 Å². The Morgan fingerprint density at radius 3 is 2.64 bits per heavy atom. The van der Waals surface area contributed by atoms with Gasteiger partial charge in [0.2, 0.25) is 11.8 Å². The monoisotopic (exact) mass is 493 g/mol. The van der Waals surface area contributed by atoms with Crippen LogP contribution >= 0.6 is 0 Å². The van der Waals surface area contributed by atoms with Crippen molar-refractivity contribution in [2.45, 2.75) is 46.6 Å². The molecule has 1 N–H and O–H groups in total. The first-order chi connectivity index (χ1) is 17.0. The number of methoxy groups -OCH3 is 1. The summed E-state index contributed by atoms with van der Waals surface area (Å²) < 4.78 is 12.1. The normalized spacial score (nSPS) is 15.9. The summed E-state index contributed by atoms with van der Waals surface area (Å²) in [6.07, 6.45) is 1.44. The molecule has 3 heterocycles. The standard InChI is InChI=1S/C26H31N5O5/c1-7-36-25(34)18-13-27-31(20-11-15(2)17-9-8-10-19(35-6)22(17)28-20)23(18)29-24(33)16-12-21(32)30(14-16)26(3,4)5/h8-11,13,16H,7,12,14H2,1-6H3,(H,29,33).